The molecule has 1 unspecified atom stereocenters. The molecule has 118 valence electrons. The molecule has 0 N–H and O–H groups in total. The van der Waals surface area contributed by atoms with E-state index in [9.17, 15) is 4.79 Å². The van der Waals surface area contributed by atoms with Crippen LogP contribution in [0.25, 0.3) is 0 Å². The van der Waals surface area contributed by atoms with Crippen molar-refractivity contribution in [3.05, 3.63) is 23.7 Å². The average Bonchev–Trinajstić information content (AvgIpc) is 3.25. The Morgan fingerprint density at radius 1 is 1.45 bits per heavy atom. The van der Waals surface area contributed by atoms with E-state index in [1.165, 1.54) is 31.7 Å². The summed E-state index contributed by atoms with van der Waals surface area (Å²) in [7, 11) is 1.33. The van der Waals surface area contributed by atoms with Gasteiger partial charge in [0.25, 0.3) is 0 Å². The Hall–Kier alpha value is -1.83. The lowest BCUT2D eigenvalue weighted by molar-refractivity contribution is 0.0563. The summed E-state index contributed by atoms with van der Waals surface area (Å²) < 4.78 is 12.1. The lowest BCUT2D eigenvalue weighted by Gasteiger charge is -2.12. The number of thioether (sulfide) groups is 1. The lowest BCUT2D eigenvalue weighted by Crippen LogP contribution is -2.08. The van der Waals surface area contributed by atoms with E-state index in [0.717, 1.165) is 18.0 Å². The van der Waals surface area contributed by atoms with Crippen molar-refractivity contribution >= 4 is 17.7 Å². The van der Waals surface area contributed by atoms with Gasteiger partial charge in [0.1, 0.15) is 5.76 Å². The Morgan fingerprint density at radius 2 is 2.23 bits per heavy atom. The quantitative estimate of drug-likeness (QED) is 0.618. The number of rotatable bonds is 5. The third-order valence-electron chi connectivity index (χ3n) is 3.83. The number of nitrogens with zero attached hydrogens (tertiary/aromatic N) is 4. The van der Waals surface area contributed by atoms with Gasteiger partial charge in [0, 0.05) is 0 Å². The average molecular weight is 322 g/mol. The predicted octanol–water partition coefficient (Wildman–Crippen LogP) is 3.02. The molecule has 1 atom stereocenters. The number of carbonyl (C=O) groups is 1. The standard InChI is InChI=1S/C14H18N4O3S/c1-9(11-7-8-12(21-11)13(19)20-2)22-14-15-16-17-18(14)10-5-3-4-6-10/h7-10H,3-6H2,1-2H3. The van der Waals surface area contributed by atoms with Crippen molar-refractivity contribution < 1.29 is 13.9 Å². The zero-order valence-electron chi connectivity index (χ0n) is 12.6. The fraction of sp³-hybridized carbons (Fsp3) is 0.571. The van der Waals surface area contributed by atoms with E-state index >= 15 is 0 Å². The highest BCUT2D eigenvalue weighted by Gasteiger charge is 2.24. The zero-order chi connectivity index (χ0) is 15.5. The molecule has 2 aromatic heterocycles. The molecular formula is C14H18N4O3S. The molecule has 0 aromatic carbocycles. The molecule has 0 saturated heterocycles. The first kappa shape index (κ1) is 15.1. The fourth-order valence-corrected chi connectivity index (χ4v) is 3.58. The first-order valence-electron chi connectivity index (χ1n) is 7.31. The van der Waals surface area contributed by atoms with Gasteiger partial charge in [0.05, 0.1) is 18.4 Å². The van der Waals surface area contributed by atoms with E-state index in [4.69, 9.17) is 4.42 Å². The normalized spacial score (nSPS) is 16.8. The monoisotopic (exact) mass is 322 g/mol. The predicted molar refractivity (Wildman–Crippen MR) is 79.6 cm³/mol. The number of methoxy groups -OCH3 is 1. The third kappa shape index (κ3) is 3.01. The minimum atomic E-state index is -0.473. The van der Waals surface area contributed by atoms with Crippen molar-refractivity contribution in [1.82, 2.24) is 20.2 Å². The second kappa shape index (κ2) is 6.51. The minimum absolute atomic E-state index is 0.00422. The molecule has 2 heterocycles. The number of hydrogen-bond acceptors (Lipinski definition) is 7. The van der Waals surface area contributed by atoms with E-state index in [1.807, 2.05) is 11.6 Å². The van der Waals surface area contributed by atoms with Crippen LogP contribution in [0.1, 0.15) is 60.2 Å². The summed E-state index contributed by atoms with van der Waals surface area (Å²) >= 11 is 1.53. The van der Waals surface area contributed by atoms with Crippen LogP contribution in [0.15, 0.2) is 21.7 Å². The SMILES string of the molecule is COC(=O)c1ccc(C(C)Sc2nnnn2C2CCCC2)o1. The van der Waals surface area contributed by atoms with Crippen LogP contribution in [0.2, 0.25) is 0 Å². The Bertz CT molecular complexity index is 648. The van der Waals surface area contributed by atoms with Crippen LogP contribution < -0.4 is 0 Å². The summed E-state index contributed by atoms with van der Waals surface area (Å²) in [6.07, 6.45) is 4.70. The molecule has 22 heavy (non-hydrogen) atoms. The molecule has 0 bridgehead atoms. The number of ether oxygens (including phenoxy) is 1. The second-order valence-electron chi connectivity index (χ2n) is 5.30. The summed E-state index contributed by atoms with van der Waals surface area (Å²) in [6, 6.07) is 3.80. The van der Waals surface area contributed by atoms with E-state index in [0.29, 0.717) is 11.8 Å². The van der Waals surface area contributed by atoms with Crippen molar-refractivity contribution in [2.75, 3.05) is 7.11 Å². The van der Waals surface area contributed by atoms with Gasteiger partial charge in [-0.05, 0) is 42.3 Å². The lowest BCUT2D eigenvalue weighted by atomic mass is 10.3. The number of furan rings is 1. The van der Waals surface area contributed by atoms with Crippen LogP contribution in [0, 0.1) is 0 Å². The summed E-state index contributed by atoms with van der Waals surface area (Å²) in [6.45, 7) is 2.00. The molecule has 1 fully saturated rings. The van der Waals surface area contributed by atoms with Crippen LogP contribution >= 0.6 is 11.8 Å². The van der Waals surface area contributed by atoms with E-state index in [1.54, 1.807) is 12.1 Å². The molecule has 2 aromatic rings. The van der Waals surface area contributed by atoms with Crippen LogP contribution in [-0.2, 0) is 4.74 Å². The van der Waals surface area contributed by atoms with Crippen LogP contribution in [0.3, 0.4) is 0 Å². The third-order valence-corrected chi connectivity index (χ3v) is 4.89. The first-order chi connectivity index (χ1) is 10.7. The van der Waals surface area contributed by atoms with Gasteiger partial charge in [0.15, 0.2) is 0 Å². The molecule has 7 nitrogen and oxygen atoms in total. The molecule has 3 rings (SSSR count). The number of carbonyl (C=O) groups excluding carboxylic acids is 1. The van der Waals surface area contributed by atoms with Gasteiger partial charge in [-0.15, -0.1) is 5.10 Å². The van der Waals surface area contributed by atoms with Gasteiger partial charge >= 0.3 is 5.97 Å². The highest BCUT2D eigenvalue weighted by atomic mass is 32.2. The maximum absolute atomic E-state index is 11.4. The Labute approximate surface area is 132 Å². The van der Waals surface area contributed by atoms with E-state index in [-0.39, 0.29) is 11.0 Å². The Balaban J connectivity index is 1.71. The van der Waals surface area contributed by atoms with Crippen molar-refractivity contribution in [2.45, 2.75) is 49.1 Å². The molecule has 0 radical (unpaired) electrons. The molecule has 0 aliphatic heterocycles. The van der Waals surface area contributed by atoms with Crippen LogP contribution in [0.5, 0.6) is 0 Å². The van der Waals surface area contributed by atoms with Gasteiger partial charge in [0.2, 0.25) is 10.9 Å². The molecule has 1 aliphatic carbocycles. The van der Waals surface area contributed by atoms with Crippen LogP contribution in [-0.4, -0.2) is 33.3 Å². The maximum Gasteiger partial charge on any atom is 0.373 e. The molecule has 0 amide bonds. The van der Waals surface area contributed by atoms with Crippen molar-refractivity contribution in [3.63, 3.8) is 0 Å². The zero-order valence-corrected chi connectivity index (χ0v) is 13.4. The highest BCUT2D eigenvalue weighted by molar-refractivity contribution is 7.99. The molecule has 0 spiro atoms. The summed E-state index contributed by atoms with van der Waals surface area (Å²) in [5, 5.41) is 12.8. The molecule has 1 aliphatic rings. The van der Waals surface area contributed by atoms with Crippen LogP contribution in [0.4, 0.5) is 0 Å². The van der Waals surface area contributed by atoms with Crippen molar-refractivity contribution in [3.8, 4) is 0 Å². The van der Waals surface area contributed by atoms with Gasteiger partial charge in [-0.1, -0.05) is 24.6 Å². The Kier molecular flexibility index (Phi) is 4.47. The fourth-order valence-electron chi connectivity index (χ4n) is 2.64. The van der Waals surface area contributed by atoms with Crippen molar-refractivity contribution in [2.24, 2.45) is 0 Å². The van der Waals surface area contributed by atoms with Gasteiger partial charge in [-0.25, -0.2) is 9.48 Å². The van der Waals surface area contributed by atoms with Crippen molar-refractivity contribution in [1.29, 1.82) is 0 Å². The minimum Gasteiger partial charge on any atom is -0.463 e. The first-order valence-corrected chi connectivity index (χ1v) is 8.19. The molecule has 1 saturated carbocycles. The number of tetrazole rings is 1. The second-order valence-corrected chi connectivity index (χ2v) is 6.61. The smallest absolute Gasteiger partial charge is 0.373 e. The highest BCUT2D eigenvalue weighted by Crippen LogP contribution is 2.37. The summed E-state index contributed by atoms with van der Waals surface area (Å²) in [4.78, 5) is 11.4. The topological polar surface area (TPSA) is 83.0 Å². The van der Waals surface area contributed by atoms with Gasteiger partial charge in [-0.3, -0.25) is 0 Å². The molecular weight excluding hydrogens is 304 g/mol. The molecule has 8 heteroatoms. The summed E-state index contributed by atoms with van der Waals surface area (Å²) in [5.74, 6) is 0.436. The van der Waals surface area contributed by atoms with Gasteiger partial charge < -0.3 is 9.15 Å². The van der Waals surface area contributed by atoms with Gasteiger partial charge in [-0.2, -0.15) is 0 Å². The number of esters is 1. The van der Waals surface area contributed by atoms with E-state index in [2.05, 4.69) is 20.3 Å². The Morgan fingerprint density at radius 3 is 2.95 bits per heavy atom. The van der Waals surface area contributed by atoms with E-state index < -0.39 is 5.97 Å². The largest absolute Gasteiger partial charge is 0.463 e. The number of aromatic nitrogens is 4. The maximum atomic E-state index is 11.4. The number of hydrogen-bond donors (Lipinski definition) is 0. The summed E-state index contributed by atoms with van der Waals surface area (Å²) in [5.41, 5.74) is 0.